The van der Waals surface area contributed by atoms with Gasteiger partial charge in [0.25, 0.3) is 11.8 Å². The van der Waals surface area contributed by atoms with Crippen LogP contribution in [0.25, 0.3) is 0 Å². The molecule has 1 fully saturated rings. The number of nitrogens with zero attached hydrogens (tertiary/aromatic N) is 2. The molecule has 0 atom stereocenters. The molecular formula is C25H22ClFN4O2S. The summed E-state index contributed by atoms with van der Waals surface area (Å²) in [5.41, 5.74) is 2.71. The highest BCUT2D eigenvalue weighted by atomic mass is 35.5. The van der Waals surface area contributed by atoms with E-state index in [2.05, 4.69) is 15.5 Å². The van der Waals surface area contributed by atoms with Crippen LogP contribution in [0.2, 0.25) is 5.02 Å². The average Bonchev–Trinajstić information content (AvgIpc) is 2.85. The van der Waals surface area contributed by atoms with Gasteiger partial charge < -0.3 is 15.1 Å². The van der Waals surface area contributed by atoms with Crippen LogP contribution in [0.3, 0.4) is 0 Å². The van der Waals surface area contributed by atoms with Gasteiger partial charge in [0.05, 0.1) is 0 Å². The highest BCUT2D eigenvalue weighted by molar-refractivity contribution is 7.80. The van der Waals surface area contributed by atoms with Gasteiger partial charge >= 0.3 is 0 Å². The number of hydrogen-bond acceptors (Lipinski definition) is 4. The first-order chi connectivity index (χ1) is 16.4. The minimum Gasteiger partial charge on any atom is -0.368 e. The number of anilines is 2. The van der Waals surface area contributed by atoms with Crippen molar-refractivity contribution < 1.29 is 14.0 Å². The fourth-order valence-corrected chi connectivity index (χ4v) is 3.97. The fraction of sp³-hybridized carbons (Fsp3) is 0.160. The van der Waals surface area contributed by atoms with E-state index in [4.69, 9.17) is 23.8 Å². The third-order valence-corrected chi connectivity index (χ3v) is 5.94. The maximum atomic E-state index is 13.0. The zero-order valence-corrected chi connectivity index (χ0v) is 19.7. The normalized spacial score (nSPS) is 13.4. The van der Waals surface area contributed by atoms with Crippen LogP contribution >= 0.6 is 23.8 Å². The summed E-state index contributed by atoms with van der Waals surface area (Å²) in [5, 5.41) is 6.31. The molecule has 2 amide bonds. The van der Waals surface area contributed by atoms with E-state index >= 15 is 0 Å². The summed E-state index contributed by atoms with van der Waals surface area (Å²) in [7, 11) is 0. The van der Waals surface area contributed by atoms with E-state index in [1.54, 1.807) is 24.3 Å². The number of piperazine rings is 1. The summed E-state index contributed by atoms with van der Waals surface area (Å²) in [6.07, 6.45) is 0. The molecule has 1 aliphatic heterocycles. The second-order valence-electron chi connectivity index (χ2n) is 7.75. The molecule has 3 aromatic rings. The van der Waals surface area contributed by atoms with Crippen molar-refractivity contribution in [3.63, 3.8) is 0 Å². The second-order valence-corrected chi connectivity index (χ2v) is 8.59. The molecule has 0 unspecified atom stereocenters. The van der Waals surface area contributed by atoms with Crippen LogP contribution in [0.1, 0.15) is 20.7 Å². The Kier molecular flexibility index (Phi) is 7.40. The Morgan fingerprint density at radius 3 is 2.03 bits per heavy atom. The summed E-state index contributed by atoms with van der Waals surface area (Å²) in [6, 6.07) is 19.8. The summed E-state index contributed by atoms with van der Waals surface area (Å²) in [4.78, 5) is 28.9. The minimum absolute atomic E-state index is 0.00654. The second kappa shape index (κ2) is 10.6. The van der Waals surface area contributed by atoms with Crippen LogP contribution in [-0.4, -0.2) is 48.0 Å². The average molecular weight is 497 g/mol. The topological polar surface area (TPSA) is 64.7 Å². The van der Waals surface area contributed by atoms with Gasteiger partial charge in [-0.2, -0.15) is 0 Å². The molecule has 0 radical (unpaired) electrons. The predicted molar refractivity (Wildman–Crippen MR) is 136 cm³/mol. The summed E-state index contributed by atoms with van der Waals surface area (Å²) < 4.78 is 13.0. The van der Waals surface area contributed by atoms with E-state index in [9.17, 15) is 14.0 Å². The molecule has 0 aliphatic carbocycles. The molecule has 0 bridgehead atoms. The lowest BCUT2D eigenvalue weighted by atomic mass is 10.1. The standard InChI is InChI=1S/C25H22ClFN4O2S/c26-19-5-1-18(2-6-19)24(33)31-15-13-30(14-16-31)22-11-9-21(10-12-22)28-25(34)29-23(32)17-3-7-20(27)8-4-17/h1-12H,13-16H2,(H2,28,29,32,34). The summed E-state index contributed by atoms with van der Waals surface area (Å²) >= 11 is 11.1. The molecule has 34 heavy (non-hydrogen) atoms. The molecule has 3 aromatic carbocycles. The number of thiocarbonyl (C=S) groups is 1. The number of amides is 2. The Balaban J connectivity index is 1.28. The maximum absolute atomic E-state index is 13.0. The third-order valence-electron chi connectivity index (χ3n) is 5.48. The van der Waals surface area contributed by atoms with Gasteiger partial charge in [-0.3, -0.25) is 14.9 Å². The van der Waals surface area contributed by atoms with E-state index in [-0.39, 0.29) is 11.0 Å². The first kappa shape index (κ1) is 23.7. The van der Waals surface area contributed by atoms with Gasteiger partial charge in [-0.15, -0.1) is 0 Å². The maximum Gasteiger partial charge on any atom is 0.257 e. The van der Waals surface area contributed by atoms with Crippen LogP contribution in [-0.2, 0) is 0 Å². The lowest BCUT2D eigenvalue weighted by Crippen LogP contribution is -2.48. The Morgan fingerprint density at radius 1 is 0.824 bits per heavy atom. The molecule has 0 saturated carbocycles. The highest BCUT2D eigenvalue weighted by Crippen LogP contribution is 2.21. The van der Waals surface area contributed by atoms with Gasteiger partial charge in [0.2, 0.25) is 0 Å². The van der Waals surface area contributed by atoms with E-state index < -0.39 is 11.7 Å². The zero-order valence-electron chi connectivity index (χ0n) is 18.1. The van der Waals surface area contributed by atoms with Crippen LogP contribution in [0.4, 0.5) is 15.8 Å². The van der Waals surface area contributed by atoms with Gasteiger partial charge in [0.1, 0.15) is 5.82 Å². The molecule has 4 rings (SSSR count). The molecule has 1 aliphatic rings. The van der Waals surface area contributed by atoms with Crippen molar-refractivity contribution in [2.75, 3.05) is 36.4 Å². The first-order valence-electron chi connectivity index (χ1n) is 10.7. The Hall–Kier alpha value is -3.49. The number of benzene rings is 3. The van der Waals surface area contributed by atoms with Crippen molar-refractivity contribution in [3.8, 4) is 0 Å². The van der Waals surface area contributed by atoms with Crippen LogP contribution in [0, 0.1) is 5.82 Å². The molecule has 174 valence electrons. The molecular weight excluding hydrogens is 475 g/mol. The third kappa shape index (κ3) is 5.89. The van der Waals surface area contributed by atoms with Crippen molar-refractivity contribution in [1.82, 2.24) is 10.2 Å². The van der Waals surface area contributed by atoms with Gasteiger partial charge in [-0.25, -0.2) is 4.39 Å². The van der Waals surface area contributed by atoms with Gasteiger partial charge in [-0.05, 0) is 85.0 Å². The van der Waals surface area contributed by atoms with Crippen molar-refractivity contribution in [3.05, 3.63) is 94.8 Å². The van der Waals surface area contributed by atoms with Crippen molar-refractivity contribution >= 4 is 52.1 Å². The predicted octanol–water partition coefficient (Wildman–Crippen LogP) is 4.57. The van der Waals surface area contributed by atoms with Gasteiger partial charge in [0, 0.05) is 53.7 Å². The molecule has 0 spiro atoms. The smallest absolute Gasteiger partial charge is 0.257 e. The highest BCUT2D eigenvalue weighted by Gasteiger charge is 2.22. The van der Waals surface area contributed by atoms with E-state index in [1.165, 1.54) is 24.3 Å². The monoisotopic (exact) mass is 496 g/mol. The van der Waals surface area contributed by atoms with E-state index in [0.717, 1.165) is 24.5 Å². The SMILES string of the molecule is O=C(NC(=S)Nc1ccc(N2CCN(C(=O)c3ccc(Cl)cc3)CC2)cc1)c1ccc(F)cc1. The lowest BCUT2D eigenvalue weighted by molar-refractivity contribution is 0.0746. The quantitative estimate of drug-likeness (QED) is 0.518. The molecule has 9 heteroatoms. The summed E-state index contributed by atoms with van der Waals surface area (Å²) in [6.45, 7) is 2.69. The lowest BCUT2D eigenvalue weighted by Gasteiger charge is -2.36. The molecule has 1 saturated heterocycles. The number of rotatable bonds is 4. The first-order valence-corrected chi connectivity index (χ1v) is 11.5. The number of hydrogen-bond donors (Lipinski definition) is 2. The minimum atomic E-state index is -0.417. The summed E-state index contributed by atoms with van der Waals surface area (Å²) in [5.74, 6) is -0.820. The van der Waals surface area contributed by atoms with E-state index in [0.29, 0.717) is 29.2 Å². The Labute approximate surface area is 207 Å². The van der Waals surface area contributed by atoms with Gasteiger partial charge in [-0.1, -0.05) is 11.6 Å². The molecule has 0 aromatic heterocycles. The van der Waals surface area contributed by atoms with Crippen molar-refractivity contribution in [1.29, 1.82) is 0 Å². The molecule has 1 heterocycles. The van der Waals surface area contributed by atoms with Crippen molar-refractivity contribution in [2.45, 2.75) is 0 Å². The van der Waals surface area contributed by atoms with E-state index in [1.807, 2.05) is 29.2 Å². The van der Waals surface area contributed by atoms with Crippen LogP contribution < -0.4 is 15.5 Å². The number of halogens is 2. The Bertz CT molecular complexity index is 1180. The van der Waals surface area contributed by atoms with Crippen molar-refractivity contribution in [2.24, 2.45) is 0 Å². The number of carbonyl (C=O) groups excluding carboxylic acids is 2. The fourth-order valence-electron chi connectivity index (χ4n) is 3.64. The number of nitrogens with one attached hydrogen (secondary N) is 2. The molecule has 6 nitrogen and oxygen atoms in total. The number of carbonyl (C=O) groups is 2. The van der Waals surface area contributed by atoms with Crippen LogP contribution in [0.15, 0.2) is 72.8 Å². The largest absolute Gasteiger partial charge is 0.368 e. The van der Waals surface area contributed by atoms with Gasteiger partial charge in [0.15, 0.2) is 5.11 Å². The Morgan fingerprint density at radius 2 is 1.41 bits per heavy atom. The zero-order chi connectivity index (χ0) is 24.1. The molecule has 2 N–H and O–H groups in total. The van der Waals surface area contributed by atoms with Crippen LogP contribution in [0.5, 0.6) is 0 Å².